The van der Waals surface area contributed by atoms with Crippen LogP contribution < -0.4 is 5.73 Å². The number of halogens is 1. The highest BCUT2D eigenvalue weighted by Crippen LogP contribution is 2.20. The molecule has 0 aromatic heterocycles. The van der Waals surface area contributed by atoms with Crippen molar-refractivity contribution in [3.8, 4) is 0 Å². The Bertz CT molecular complexity index is 310. The van der Waals surface area contributed by atoms with Gasteiger partial charge in [0.25, 0.3) is 0 Å². The van der Waals surface area contributed by atoms with Gasteiger partial charge in [0.2, 0.25) is 5.91 Å². The van der Waals surface area contributed by atoms with E-state index in [1.54, 1.807) is 19.2 Å². The lowest BCUT2D eigenvalue weighted by Gasteiger charge is -2.06. The SMILES string of the molecule is COCc1ccc(C(Cl)C(N)=O)cc1. The number of hydrogen-bond acceptors (Lipinski definition) is 2. The predicted molar refractivity (Wildman–Crippen MR) is 54.9 cm³/mol. The summed E-state index contributed by atoms with van der Waals surface area (Å²) < 4.78 is 4.95. The molecule has 2 N–H and O–H groups in total. The van der Waals surface area contributed by atoms with E-state index >= 15 is 0 Å². The first-order chi connectivity index (χ1) is 6.65. The van der Waals surface area contributed by atoms with Gasteiger partial charge in [0, 0.05) is 7.11 Å². The van der Waals surface area contributed by atoms with Crippen LogP contribution in [0.15, 0.2) is 24.3 Å². The summed E-state index contributed by atoms with van der Waals surface area (Å²) in [6, 6.07) is 7.27. The van der Waals surface area contributed by atoms with E-state index in [9.17, 15) is 4.79 Å². The lowest BCUT2D eigenvalue weighted by atomic mass is 10.1. The fourth-order valence-corrected chi connectivity index (χ4v) is 1.26. The van der Waals surface area contributed by atoms with Crippen molar-refractivity contribution in [3.63, 3.8) is 0 Å². The molecule has 4 heteroatoms. The first-order valence-corrected chi connectivity index (χ1v) is 4.60. The molecule has 0 heterocycles. The summed E-state index contributed by atoms with van der Waals surface area (Å²) >= 11 is 5.76. The highest BCUT2D eigenvalue weighted by molar-refractivity contribution is 6.30. The predicted octanol–water partition coefficient (Wildman–Crippen LogP) is 1.60. The van der Waals surface area contributed by atoms with Crippen LogP contribution in [0.5, 0.6) is 0 Å². The zero-order valence-corrected chi connectivity index (χ0v) is 8.62. The van der Waals surface area contributed by atoms with Crippen molar-refractivity contribution < 1.29 is 9.53 Å². The smallest absolute Gasteiger partial charge is 0.240 e. The number of benzene rings is 1. The molecule has 0 radical (unpaired) electrons. The summed E-state index contributed by atoms with van der Waals surface area (Å²) in [5.74, 6) is -0.536. The van der Waals surface area contributed by atoms with Crippen molar-refractivity contribution in [2.45, 2.75) is 12.0 Å². The van der Waals surface area contributed by atoms with Crippen LogP contribution in [-0.4, -0.2) is 13.0 Å². The molecule has 1 rings (SSSR count). The Balaban J connectivity index is 2.77. The van der Waals surface area contributed by atoms with Gasteiger partial charge in [-0.2, -0.15) is 0 Å². The number of methoxy groups -OCH3 is 1. The molecule has 1 aromatic carbocycles. The highest BCUT2D eigenvalue weighted by atomic mass is 35.5. The largest absolute Gasteiger partial charge is 0.380 e. The molecule has 76 valence electrons. The fourth-order valence-electron chi connectivity index (χ4n) is 1.11. The number of rotatable bonds is 4. The Kier molecular flexibility index (Phi) is 3.92. The minimum absolute atomic E-state index is 0.536. The topological polar surface area (TPSA) is 52.3 Å². The van der Waals surface area contributed by atoms with Crippen LogP contribution in [0.3, 0.4) is 0 Å². The molecule has 0 aliphatic carbocycles. The molecule has 0 spiro atoms. The third-order valence-corrected chi connectivity index (χ3v) is 2.30. The van der Waals surface area contributed by atoms with Gasteiger partial charge in [0.15, 0.2) is 0 Å². The normalized spacial score (nSPS) is 12.4. The van der Waals surface area contributed by atoms with Crippen LogP contribution in [0, 0.1) is 0 Å². The molecule has 0 saturated carbocycles. The zero-order chi connectivity index (χ0) is 10.6. The maximum Gasteiger partial charge on any atom is 0.240 e. The van der Waals surface area contributed by atoms with Gasteiger partial charge in [0.1, 0.15) is 5.38 Å². The molecule has 14 heavy (non-hydrogen) atoms. The van der Waals surface area contributed by atoms with Gasteiger partial charge in [-0.3, -0.25) is 4.79 Å². The number of amides is 1. The highest BCUT2D eigenvalue weighted by Gasteiger charge is 2.13. The van der Waals surface area contributed by atoms with Crippen LogP contribution in [-0.2, 0) is 16.1 Å². The summed E-state index contributed by atoms with van der Waals surface area (Å²) in [4.78, 5) is 10.8. The quantitative estimate of drug-likeness (QED) is 0.773. The summed E-state index contributed by atoms with van der Waals surface area (Å²) in [5.41, 5.74) is 6.81. The Morgan fingerprint density at radius 2 is 2.07 bits per heavy atom. The van der Waals surface area contributed by atoms with Crippen molar-refractivity contribution in [3.05, 3.63) is 35.4 Å². The number of carbonyl (C=O) groups excluding carboxylic acids is 1. The van der Waals surface area contributed by atoms with Crippen LogP contribution in [0.25, 0.3) is 0 Å². The summed E-state index contributed by atoms with van der Waals surface area (Å²) in [7, 11) is 1.63. The first-order valence-electron chi connectivity index (χ1n) is 4.16. The molecule has 1 atom stereocenters. The first kappa shape index (κ1) is 11.0. The Hall–Kier alpha value is -1.06. The van der Waals surface area contributed by atoms with E-state index in [4.69, 9.17) is 22.1 Å². The van der Waals surface area contributed by atoms with Crippen LogP contribution >= 0.6 is 11.6 Å². The number of ether oxygens (including phenoxy) is 1. The lowest BCUT2D eigenvalue weighted by Crippen LogP contribution is -2.16. The molecule has 0 aliphatic rings. The second-order valence-electron chi connectivity index (χ2n) is 2.94. The average molecular weight is 214 g/mol. The van der Waals surface area contributed by atoms with E-state index in [0.717, 1.165) is 5.56 Å². The maximum absolute atomic E-state index is 10.8. The standard InChI is InChI=1S/C10H12ClNO2/c1-14-6-7-2-4-8(5-3-7)9(11)10(12)13/h2-5,9H,6H2,1H3,(H2,12,13). The number of alkyl halides is 1. The minimum Gasteiger partial charge on any atom is -0.380 e. The molecular weight excluding hydrogens is 202 g/mol. The molecule has 1 unspecified atom stereocenters. The molecule has 0 aliphatic heterocycles. The van der Waals surface area contributed by atoms with Crippen molar-refractivity contribution in [2.75, 3.05) is 7.11 Å². The molecule has 1 aromatic rings. The number of carbonyl (C=O) groups is 1. The Morgan fingerprint density at radius 3 is 2.50 bits per heavy atom. The zero-order valence-electron chi connectivity index (χ0n) is 7.87. The molecular formula is C10H12ClNO2. The van der Waals surface area contributed by atoms with Gasteiger partial charge in [-0.25, -0.2) is 0 Å². The molecule has 0 bridgehead atoms. The average Bonchev–Trinajstić information content (AvgIpc) is 2.18. The number of hydrogen-bond donors (Lipinski definition) is 1. The van der Waals surface area contributed by atoms with Gasteiger partial charge >= 0.3 is 0 Å². The van der Waals surface area contributed by atoms with Gasteiger partial charge in [-0.1, -0.05) is 24.3 Å². The van der Waals surface area contributed by atoms with E-state index in [1.165, 1.54) is 0 Å². The Morgan fingerprint density at radius 1 is 1.50 bits per heavy atom. The van der Waals surface area contributed by atoms with Crippen molar-refractivity contribution in [1.29, 1.82) is 0 Å². The van der Waals surface area contributed by atoms with Gasteiger partial charge in [-0.15, -0.1) is 11.6 Å². The second-order valence-corrected chi connectivity index (χ2v) is 3.38. The molecule has 1 amide bonds. The minimum atomic E-state index is -0.758. The monoisotopic (exact) mass is 213 g/mol. The van der Waals surface area contributed by atoms with Crippen LogP contribution in [0.1, 0.15) is 16.5 Å². The van der Waals surface area contributed by atoms with Gasteiger partial charge in [-0.05, 0) is 11.1 Å². The summed E-state index contributed by atoms with van der Waals surface area (Å²) in [6.45, 7) is 0.545. The lowest BCUT2D eigenvalue weighted by molar-refractivity contribution is -0.117. The molecule has 0 saturated heterocycles. The van der Waals surface area contributed by atoms with E-state index in [-0.39, 0.29) is 0 Å². The molecule has 0 fully saturated rings. The van der Waals surface area contributed by atoms with Gasteiger partial charge < -0.3 is 10.5 Å². The summed E-state index contributed by atoms with van der Waals surface area (Å²) in [5, 5.41) is -0.758. The second kappa shape index (κ2) is 4.98. The van der Waals surface area contributed by atoms with E-state index < -0.39 is 11.3 Å². The summed E-state index contributed by atoms with van der Waals surface area (Å²) in [6.07, 6.45) is 0. The Labute approximate surface area is 87.8 Å². The van der Waals surface area contributed by atoms with Crippen molar-refractivity contribution in [2.24, 2.45) is 5.73 Å². The van der Waals surface area contributed by atoms with Crippen molar-refractivity contribution >= 4 is 17.5 Å². The van der Waals surface area contributed by atoms with E-state index in [0.29, 0.717) is 12.2 Å². The maximum atomic E-state index is 10.8. The van der Waals surface area contributed by atoms with Crippen LogP contribution in [0.2, 0.25) is 0 Å². The fraction of sp³-hybridized carbons (Fsp3) is 0.300. The van der Waals surface area contributed by atoms with E-state index in [1.807, 2.05) is 12.1 Å². The molecule has 3 nitrogen and oxygen atoms in total. The van der Waals surface area contributed by atoms with Gasteiger partial charge in [0.05, 0.1) is 6.61 Å². The third kappa shape index (κ3) is 2.72. The number of nitrogens with two attached hydrogens (primary N) is 1. The number of primary amides is 1. The van der Waals surface area contributed by atoms with Crippen LogP contribution in [0.4, 0.5) is 0 Å². The van der Waals surface area contributed by atoms with E-state index in [2.05, 4.69) is 0 Å². The third-order valence-electron chi connectivity index (χ3n) is 1.83. The van der Waals surface area contributed by atoms with Crippen molar-refractivity contribution in [1.82, 2.24) is 0 Å².